The van der Waals surface area contributed by atoms with E-state index in [2.05, 4.69) is 10.3 Å². The number of anilines is 1. The van der Waals surface area contributed by atoms with Crippen LogP contribution in [-0.2, 0) is 0 Å². The fraction of sp³-hybridized carbons (Fsp3) is 0.538. The SMILES string of the molecule is Nc1ncc(F)cc1C(=O)NC1CCCCCC1. The topological polar surface area (TPSA) is 68.0 Å². The molecule has 4 nitrogen and oxygen atoms in total. The summed E-state index contributed by atoms with van der Waals surface area (Å²) in [5.74, 6) is -0.802. The number of halogens is 1. The van der Waals surface area contributed by atoms with Gasteiger partial charge < -0.3 is 11.1 Å². The molecule has 0 saturated heterocycles. The van der Waals surface area contributed by atoms with Gasteiger partial charge >= 0.3 is 0 Å². The van der Waals surface area contributed by atoms with Crippen LogP contribution >= 0.6 is 0 Å². The molecule has 0 unspecified atom stereocenters. The summed E-state index contributed by atoms with van der Waals surface area (Å²) in [6.07, 6.45) is 7.66. The van der Waals surface area contributed by atoms with E-state index in [1.165, 1.54) is 12.8 Å². The Morgan fingerprint density at radius 3 is 2.67 bits per heavy atom. The van der Waals surface area contributed by atoms with Crippen LogP contribution in [0.15, 0.2) is 12.3 Å². The molecule has 1 aliphatic rings. The second-order valence-electron chi connectivity index (χ2n) is 4.75. The molecular formula is C13H18FN3O. The molecule has 1 aromatic heterocycles. The Morgan fingerprint density at radius 1 is 1.33 bits per heavy atom. The minimum atomic E-state index is -0.546. The smallest absolute Gasteiger partial charge is 0.255 e. The average molecular weight is 251 g/mol. The van der Waals surface area contributed by atoms with Crippen molar-refractivity contribution in [3.8, 4) is 0 Å². The van der Waals surface area contributed by atoms with Crippen LogP contribution in [0.2, 0.25) is 0 Å². The van der Waals surface area contributed by atoms with Gasteiger partial charge in [-0.25, -0.2) is 9.37 Å². The van der Waals surface area contributed by atoms with Crippen molar-refractivity contribution in [1.82, 2.24) is 10.3 Å². The average Bonchev–Trinajstić information content (AvgIpc) is 2.61. The van der Waals surface area contributed by atoms with Crippen LogP contribution in [0, 0.1) is 5.82 Å². The van der Waals surface area contributed by atoms with Crippen molar-refractivity contribution in [2.45, 2.75) is 44.6 Å². The highest BCUT2D eigenvalue weighted by Gasteiger charge is 2.18. The molecule has 1 amide bonds. The summed E-state index contributed by atoms with van der Waals surface area (Å²) in [5, 5.41) is 2.92. The van der Waals surface area contributed by atoms with Crippen molar-refractivity contribution in [3.63, 3.8) is 0 Å². The van der Waals surface area contributed by atoms with Gasteiger partial charge in [-0.3, -0.25) is 4.79 Å². The van der Waals surface area contributed by atoms with Crippen molar-refractivity contribution in [2.75, 3.05) is 5.73 Å². The van der Waals surface area contributed by atoms with Crippen LogP contribution in [0.3, 0.4) is 0 Å². The van der Waals surface area contributed by atoms with Gasteiger partial charge in [0, 0.05) is 6.04 Å². The molecular weight excluding hydrogens is 233 g/mol. The van der Waals surface area contributed by atoms with Gasteiger partial charge in [-0.15, -0.1) is 0 Å². The molecule has 0 aliphatic heterocycles. The number of hydrogen-bond donors (Lipinski definition) is 2. The maximum Gasteiger partial charge on any atom is 0.255 e. The van der Waals surface area contributed by atoms with E-state index in [9.17, 15) is 9.18 Å². The summed E-state index contributed by atoms with van der Waals surface area (Å²) in [6, 6.07) is 1.30. The molecule has 1 heterocycles. The number of pyridine rings is 1. The van der Waals surface area contributed by atoms with Crippen LogP contribution < -0.4 is 11.1 Å². The van der Waals surface area contributed by atoms with E-state index >= 15 is 0 Å². The standard InChI is InChI=1S/C13H18FN3O/c14-9-7-11(12(15)16-8-9)13(18)17-10-5-3-1-2-4-6-10/h7-8,10H,1-6H2,(H2,15,16)(H,17,18). The van der Waals surface area contributed by atoms with Crippen LogP contribution in [0.5, 0.6) is 0 Å². The normalized spacial score (nSPS) is 17.2. The van der Waals surface area contributed by atoms with Gasteiger partial charge in [-0.2, -0.15) is 0 Å². The number of carbonyl (C=O) groups excluding carboxylic acids is 1. The highest BCUT2D eigenvalue weighted by Crippen LogP contribution is 2.18. The Kier molecular flexibility index (Phi) is 4.12. The Balaban J connectivity index is 2.04. The Morgan fingerprint density at radius 2 is 2.00 bits per heavy atom. The summed E-state index contributed by atoms with van der Waals surface area (Å²) in [4.78, 5) is 15.7. The van der Waals surface area contributed by atoms with E-state index in [4.69, 9.17) is 5.73 Å². The summed E-state index contributed by atoms with van der Waals surface area (Å²) < 4.78 is 13.1. The largest absolute Gasteiger partial charge is 0.383 e. The molecule has 0 bridgehead atoms. The van der Waals surface area contributed by atoms with E-state index < -0.39 is 5.82 Å². The Labute approximate surface area is 106 Å². The lowest BCUT2D eigenvalue weighted by Gasteiger charge is -2.16. The predicted molar refractivity (Wildman–Crippen MR) is 67.6 cm³/mol. The lowest BCUT2D eigenvalue weighted by molar-refractivity contribution is 0.0933. The molecule has 0 atom stereocenters. The highest BCUT2D eigenvalue weighted by atomic mass is 19.1. The van der Waals surface area contributed by atoms with Gasteiger partial charge in [0.2, 0.25) is 0 Å². The highest BCUT2D eigenvalue weighted by molar-refractivity contribution is 5.98. The molecule has 0 radical (unpaired) electrons. The monoisotopic (exact) mass is 251 g/mol. The quantitative estimate of drug-likeness (QED) is 0.792. The molecule has 18 heavy (non-hydrogen) atoms. The summed E-state index contributed by atoms with van der Waals surface area (Å²) >= 11 is 0. The van der Waals surface area contributed by atoms with Crippen molar-refractivity contribution < 1.29 is 9.18 Å². The minimum Gasteiger partial charge on any atom is -0.383 e. The maximum absolute atomic E-state index is 13.1. The van der Waals surface area contributed by atoms with Gasteiger partial charge in [0.25, 0.3) is 5.91 Å². The molecule has 3 N–H and O–H groups in total. The number of nitrogens with one attached hydrogen (secondary N) is 1. The number of carbonyl (C=O) groups is 1. The molecule has 1 saturated carbocycles. The fourth-order valence-corrected chi connectivity index (χ4v) is 2.32. The van der Waals surface area contributed by atoms with Gasteiger partial charge in [0.15, 0.2) is 0 Å². The minimum absolute atomic E-state index is 0.0718. The van der Waals surface area contributed by atoms with Crippen LogP contribution in [0.4, 0.5) is 10.2 Å². The Hall–Kier alpha value is -1.65. The summed E-state index contributed by atoms with van der Waals surface area (Å²) in [6.45, 7) is 0. The first kappa shape index (κ1) is 12.8. The number of nitrogen functional groups attached to an aromatic ring is 1. The fourth-order valence-electron chi connectivity index (χ4n) is 2.32. The molecule has 1 aliphatic carbocycles. The lowest BCUT2D eigenvalue weighted by Crippen LogP contribution is -2.35. The van der Waals surface area contributed by atoms with Gasteiger partial charge in [0.05, 0.1) is 11.8 Å². The second kappa shape index (κ2) is 5.80. The van der Waals surface area contributed by atoms with E-state index in [0.29, 0.717) is 0 Å². The van der Waals surface area contributed by atoms with Crippen molar-refractivity contribution >= 4 is 11.7 Å². The second-order valence-corrected chi connectivity index (χ2v) is 4.75. The Bertz CT molecular complexity index is 428. The molecule has 2 rings (SSSR count). The zero-order chi connectivity index (χ0) is 13.0. The molecule has 1 fully saturated rings. The first-order chi connectivity index (χ1) is 8.66. The first-order valence-electron chi connectivity index (χ1n) is 6.38. The molecule has 5 heteroatoms. The molecule has 98 valence electrons. The molecule has 1 aromatic rings. The number of aromatic nitrogens is 1. The third kappa shape index (κ3) is 3.18. The van der Waals surface area contributed by atoms with Crippen molar-refractivity contribution in [2.24, 2.45) is 0 Å². The number of nitrogens with zero attached hydrogens (tertiary/aromatic N) is 1. The van der Waals surface area contributed by atoms with Crippen LogP contribution in [0.25, 0.3) is 0 Å². The van der Waals surface area contributed by atoms with Gasteiger partial charge in [-0.1, -0.05) is 25.7 Å². The van der Waals surface area contributed by atoms with Crippen molar-refractivity contribution in [3.05, 3.63) is 23.6 Å². The molecule has 0 aromatic carbocycles. The zero-order valence-electron chi connectivity index (χ0n) is 10.3. The maximum atomic E-state index is 13.1. The molecule has 0 spiro atoms. The predicted octanol–water partition coefficient (Wildman–Crippen LogP) is 2.26. The van der Waals surface area contributed by atoms with E-state index in [0.717, 1.165) is 37.9 Å². The first-order valence-corrected chi connectivity index (χ1v) is 6.38. The third-order valence-electron chi connectivity index (χ3n) is 3.32. The lowest BCUT2D eigenvalue weighted by atomic mass is 10.1. The van der Waals surface area contributed by atoms with Crippen LogP contribution in [-0.4, -0.2) is 16.9 Å². The number of amides is 1. The number of nitrogens with two attached hydrogens (primary N) is 1. The number of rotatable bonds is 2. The zero-order valence-corrected chi connectivity index (χ0v) is 10.3. The van der Waals surface area contributed by atoms with Crippen molar-refractivity contribution in [1.29, 1.82) is 0 Å². The van der Waals surface area contributed by atoms with E-state index in [1.807, 2.05) is 0 Å². The van der Waals surface area contributed by atoms with E-state index in [1.54, 1.807) is 0 Å². The van der Waals surface area contributed by atoms with Gasteiger partial charge in [0.1, 0.15) is 11.6 Å². The summed E-state index contributed by atoms with van der Waals surface area (Å²) in [5.41, 5.74) is 5.71. The summed E-state index contributed by atoms with van der Waals surface area (Å²) in [7, 11) is 0. The van der Waals surface area contributed by atoms with Gasteiger partial charge in [-0.05, 0) is 18.9 Å². The van der Waals surface area contributed by atoms with Crippen LogP contribution in [0.1, 0.15) is 48.9 Å². The third-order valence-corrected chi connectivity index (χ3v) is 3.32. The van der Waals surface area contributed by atoms with E-state index in [-0.39, 0.29) is 23.3 Å². The number of hydrogen-bond acceptors (Lipinski definition) is 3.